The Morgan fingerprint density at radius 3 is 2.67 bits per heavy atom. The Labute approximate surface area is 109 Å². The average Bonchev–Trinajstić information content (AvgIpc) is 3.00. The fraction of sp³-hybridized carbons (Fsp3) is 0.786. The number of nitrogens with zero attached hydrogens (tertiary/aromatic N) is 2. The Balaban J connectivity index is 1.73. The molecular weight excluding hydrogens is 226 g/mol. The molecule has 0 amide bonds. The molecule has 100 valence electrons. The molecule has 0 unspecified atom stereocenters. The van der Waals surface area contributed by atoms with Crippen molar-refractivity contribution >= 4 is 5.95 Å². The van der Waals surface area contributed by atoms with Gasteiger partial charge in [0, 0.05) is 31.5 Å². The van der Waals surface area contributed by atoms with E-state index >= 15 is 0 Å². The second kappa shape index (κ2) is 5.31. The molecule has 1 saturated carbocycles. The number of rotatable bonds is 3. The highest BCUT2D eigenvalue weighted by Crippen LogP contribution is 2.32. The van der Waals surface area contributed by atoms with Gasteiger partial charge in [0.2, 0.25) is 5.95 Å². The molecule has 4 nitrogen and oxygen atoms in total. The van der Waals surface area contributed by atoms with Crippen molar-refractivity contribution in [1.29, 1.82) is 0 Å². The first-order valence-electron chi connectivity index (χ1n) is 7.22. The second-order valence-electron chi connectivity index (χ2n) is 5.58. The SMILES string of the molecule is Cc1cn(C2CCCC2)c(NC2CCOCC2)n1. The largest absolute Gasteiger partial charge is 0.381 e. The van der Waals surface area contributed by atoms with Gasteiger partial charge in [-0.1, -0.05) is 12.8 Å². The molecule has 0 radical (unpaired) electrons. The summed E-state index contributed by atoms with van der Waals surface area (Å²) in [6, 6.07) is 1.19. The molecule has 0 aromatic carbocycles. The summed E-state index contributed by atoms with van der Waals surface area (Å²) in [4.78, 5) is 4.66. The van der Waals surface area contributed by atoms with Crippen LogP contribution in [0, 0.1) is 6.92 Å². The van der Waals surface area contributed by atoms with Crippen LogP contribution < -0.4 is 5.32 Å². The van der Waals surface area contributed by atoms with Crippen LogP contribution in [-0.2, 0) is 4.74 Å². The number of imidazole rings is 1. The molecule has 1 N–H and O–H groups in total. The Hall–Kier alpha value is -1.03. The number of ether oxygens (including phenoxy) is 1. The van der Waals surface area contributed by atoms with Gasteiger partial charge in [-0.3, -0.25) is 0 Å². The van der Waals surface area contributed by atoms with Crippen molar-refractivity contribution < 1.29 is 4.74 Å². The monoisotopic (exact) mass is 249 g/mol. The van der Waals surface area contributed by atoms with E-state index in [4.69, 9.17) is 4.74 Å². The number of hydrogen-bond acceptors (Lipinski definition) is 3. The van der Waals surface area contributed by atoms with E-state index in [2.05, 4.69) is 28.0 Å². The minimum absolute atomic E-state index is 0.528. The lowest BCUT2D eigenvalue weighted by atomic mass is 10.1. The molecule has 4 heteroatoms. The molecule has 2 fully saturated rings. The molecule has 0 bridgehead atoms. The van der Waals surface area contributed by atoms with Gasteiger partial charge in [-0.05, 0) is 32.6 Å². The molecule has 1 aliphatic carbocycles. The fourth-order valence-electron chi connectivity index (χ4n) is 3.11. The highest BCUT2D eigenvalue weighted by molar-refractivity contribution is 5.31. The van der Waals surface area contributed by atoms with E-state index in [9.17, 15) is 0 Å². The summed E-state index contributed by atoms with van der Waals surface area (Å²) in [6.45, 7) is 3.84. The summed E-state index contributed by atoms with van der Waals surface area (Å²) in [6.07, 6.45) is 9.72. The van der Waals surface area contributed by atoms with Crippen molar-refractivity contribution in [3.05, 3.63) is 11.9 Å². The summed E-state index contributed by atoms with van der Waals surface area (Å²) in [5.41, 5.74) is 1.12. The van der Waals surface area contributed by atoms with Crippen LogP contribution in [0.3, 0.4) is 0 Å². The van der Waals surface area contributed by atoms with E-state index in [0.29, 0.717) is 12.1 Å². The van der Waals surface area contributed by atoms with Gasteiger partial charge in [0.25, 0.3) is 0 Å². The maximum Gasteiger partial charge on any atom is 0.203 e. The molecule has 2 aliphatic rings. The summed E-state index contributed by atoms with van der Waals surface area (Å²) < 4.78 is 7.78. The van der Waals surface area contributed by atoms with Crippen molar-refractivity contribution in [2.24, 2.45) is 0 Å². The van der Waals surface area contributed by atoms with Crippen LogP contribution >= 0.6 is 0 Å². The number of aromatic nitrogens is 2. The molecule has 3 rings (SSSR count). The van der Waals surface area contributed by atoms with Crippen molar-refractivity contribution in [1.82, 2.24) is 9.55 Å². The van der Waals surface area contributed by atoms with E-state index in [1.807, 2.05) is 0 Å². The second-order valence-corrected chi connectivity index (χ2v) is 5.58. The van der Waals surface area contributed by atoms with Crippen molar-refractivity contribution in [2.45, 2.75) is 57.5 Å². The Morgan fingerprint density at radius 2 is 1.94 bits per heavy atom. The third-order valence-electron chi connectivity index (χ3n) is 4.13. The molecule has 1 aromatic heterocycles. The van der Waals surface area contributed by atoms with Crippen LogP contribution in [0.25, 0.3) is 0 Å². The first-order valence-corrected chi connectivity index (χ1v) is 7.22. The zero-order valence-corrected chi connectivity index (χ0v) is 11.2. The quantitative estimate of drug-likeness (QED) is 0.895. The van der Waals surface area contributed by atoms with E-state index < -0.39 is 0 Å². The standard InChI is InChI=1S/C14H23N3O/c1-11-10-17(13-4-2-3-5-13)14(15-11)16-12-6-8-18-9-7-12/h10,12-13H,2-9H2,1H3,(H,15,16). The van der Waals surface area contributed by atoms with Crippen LogP contribution in [0.2, 0.25) is 0 Å². The lowest BCUT2D eigenvalue weighted by molar-refractivity contribution is 0.0902. The van der Waals surface area contributed by atoms with Crippen molar-refractivity contribution in [3.63, 3.8) is 0 Å². The number of hydrogen-bond donors (Lipinski definition) is 1. The van der Waals surface area contributed by atoms with Gasteiger partial charge in [-0.15, -0.1) is 0 Å². The van der Waals surface area contributed by atoms with Crippen molar-refractivity contribution in [3.8, 4) is 0 Å². The van der Waals surface area contributed by atoms with Gasteiger partial charge in [0.15, 0.2) is 0 Å². The van der Waals surface area contributed by atoms with E-state index in [1.54, 1.807) is 0 Å². The van der Waals surface area contributed by atoms with Gasteiger partial charge in [0.05, 0.1) is 5.69 Å². The lowest BCUT2D eigenvalue weighted by Gasteiger charge is -2.25. The molecule has 1 saturated heterocycles. The van der Waals surface area contributed by atoms with Crippen LogP contribution in [0.1, 0.15) is 50.3 Å². The highest BCUT2D eigenvalue weighted by atomic mass is 16.5. The molecule has 1 aliphatic heterocycles. The molecule has 2 heterocycles. The number of anilines is 1. The molecule has 0 atom stereocenters. The highest BCUT2D eigenvalue weighted by Gasteiger charge is 2.22. The zero-order valence-electron chi connectivity index (χ0n) is 11.2. The maximum atomic E-state index is 5.41. The normalized spacial score (nSPS) is 22.5. The van der Waals surface area contributed by atoms with E-state index in [0.717, 1.165) is 37.7 Å². The zero-order chi connectivity index (χ0) is 12.4. The van der Waals surface area contributed by atoms with E-state index in [1.165, 1.54) is 25.7 Å². The van der Waals surface area contributed by atoms with Crippen LogP contribution in [-0.4, -0.2) is 28.8 Å². The number of aryl methyl sites for hydroxylation is 1. The third kappa shape index (κ3) is 2.53. The van der Waals surface area contributed by atoms with Crippen molar-refractivity contribution in [2.75, 3.05) is 18.5 Å². The maximum absolute atomic E-state index is 5.41. The van der Waals surface area contributed by atoms with Gasteiger partial charge >= 0.3 is 0 Å². The summed E-state index contributed by atoms with van der Waals surface area (Å²) in [5.74, 6) is 1.08. The summed E-state index contributed by atoms with van der Waals surface area (Å²) >= 11 is 0. The van der Waals surface area contributed by atoms with Gasteiger partial charge in [-0.2, -0.15) is 0 Å². The van der Waals surface area contributed by atoms with Crippen LogP contribution in [0.15, 0.2) is 6.20 Å². The number of nitrogens with one attached hydrogen (secondary N) is 1. The van der Waals surface area contributed by atoms with Gasteiger partial charge in [0.1, 0.15) is 0 Å². The summed E-state index contributed by atoms with van der Waals surface area (Å²) in [5, 5.41) is 3.62. The predicted octanol–water partition coefficient (Wildman–Crippen LogP) is 2.90. The molecular formula is C14H23N3O. The molecule has 0 spiro atoms. The third-order valence-corrected chi connectivity index (χ3v) is 4.13. The Kier molecular flexibility index (Phi) is 3.55. The Bertz CT molecular complexity index is 390. The lowest BCUT2D eigenvalue weighted by Crippen LogP contribution is -2.29. The molecule has 1 aromatic rings. The minimum atomic E-state index is 0.528. The topological polar surface area (TPSA) is 39.1 Å². The van der Waals surface area contributed by atoms with Crippen LogP contribution in [0.5, 0.6) is 0 Å². The first-order chi connectivity index (χ1) is 8.83. The smallest absolute Gasteiger partial charge is 0.203 e. The van der Waals surface area contributed by atoms with Gasteiger partial charge in [-0.25, -0.2) is 4.98 Å². The van der Waals surface area contributed by atoms with E-state index in [-0.39, 0.29) is 0 Å². The average molecular weight is 249 g/mol. The first kappa shape index (κ1) is 12.0. The molecule has 18 heavy (non-hydrogen) atoms. The van der Waals surface area contributed by atoms with Crippen LogP contribution in [0.4, 0.5) is 5.95 Å². The fourth-order valence-corrected chi connectivity index (χ4v) is 3.11. The summed E-state index contributed by atoms with van der Waals surface area (Å²) in [7, 11) is 0. The predicted molar refractivity (Wildman–Crippen MR) is 71.9 cm³/mol. The van der Waals surface area contributed by atoms with Gasteiger partial charge < -0.3 is 14.6 Å². The Morgan fingerprint density at radius 1 is 1.22 bits per heavy atom. The minimum Gasteiger partial charge on any atom is -0.381 e.